The number of H-pyrrole nitrogens is 1. The van der Waals surface area contributed by atoms with Crippen molar-refractivity contribution in [3.63, 3.8) is 0 Å². The number of nitrogens with one attached hydrogen (secondary N) is 2. The Kier molecular flexibility index (Phi) is 5.58. The number of carbonyl (C=O) groups excluding carboxylic acids is 1. The minimum Gasteiger partial charge on any atom is -0.302 e. The van der Waals surface area contributed by atoms with Crippen LogP contribution in [0, 0.1) is 0 Å². The molecule has 0 aliphatic carbocycles. The summed E-state index contributed by atoms with van der Waals surface area (Å²) in [5.41, 5.74) is 2.77. The fourth-order valence-corrected chi connectivity index (χ4v) is 3.17. The fraction of sp³-hybridized carbons (Fsp3) is 0.0500. The second-order valence-electron chi connectivity index (χ2n) is 6.28. The van der Waals surface area contributed by atoms with Gasteiger partial charge in [0.25, 0.3) is 5.91 Å². The van der Waals surface area contributed by atoms with Crippen LogP contribution in [0.1, 0.15) is 16.1 Å². The molecule has 0 aliphatic rings. The topological polar surface area (TPSA) is 75.6 Å². The van der Waals surface area contributed by atoms with Gasteiger partial charge in [-0.25, -0.2) is 0 Å². The molecule has 0 atom stereocenters. The van der Waals surface area contributed by atoms with Crippen LogP contribution in [-0.4, -0.2) is 25.9 Å². The average Bonchev–Trinajstić information content (AvgIpc) is 3.32. The minimum atomic E-state index is -0.392. The van der Waals surface area contributed by atoms with Crippen molar-refractivity contribution in [1.82, 2.24) is 20.0 Å². The number of halogens is 3. The van der Waals surface area contributed by atoms with E-state index in [1.165, 1.54) is 0 Å². The van der Waals surface area contributed by atoms with Gasteiger partial charge in [0.2, 0.25) is 0 Å². The fourth-order valence-electron chi connectivity index (χ4n) is 2.72. The number of carbonyl (C=O) groups is 1. The van der Waals surface area contributed by atoms with Crippen LogP contribution >= 0.6 is 34.8 Å². The predicted molar refractivity (Wildman–Crippen MR) is 115 cm³/mol. The predicted octanol–water partition coefficient (Wildman–Crippen LogP) is 5.53. The second-order valence-corrected chi connectivity index (χ2v) is 7.56. The lowest BCUT2D eigenvalue weighted by Gasteiger charge is -2.02. The Hall–Kier alpha value is -2.80. The van der Waals surface area contributed by atoms with Crippen molar-refractivity contribution in [1.29, 1.82) is 0 Å². The summed E-state index contributed by atoms with van der Waals surface area (Å²) in [6, 6.07) is 16.2. The van der Waals surface area contributed by atoms with Crippen molar-refractivity contribution in [2.24, 2.45) is 0 Å². The molecule has 9 heteroatoms. The summed E-state index contributed by atoms with van der Waals surface area (Å²) in [6.07, 6.45) is 1.65. The zero-order chi connectivity index (χ0) is 20.4. The summed E-state index contributed by atoms with van der Waals surface area (Å²) in [6.45, 7) is 0.498. The zero-order valence-corrected chi connectivity index (χ0v) is 17.1. The van der Waals surface area contributed by atoms with E-state index in [1.54, 1.807) is 41.2 Å². The molecule has 0 fully saturated rings. The molecule has 29 heavy (non-hydrogen) atoms. The first kappa shape index (κ1) is 19.5. The van der Waals surface area contributed by atoms with Crippen LogP contribution in [0.25, 0.3) is 11.3 Å². The zero-order valence-electron chi connectivity index (χ0n) is 14.9. The van der Waals surface area contributed by atoms with Gasteiger partial charge in [0.05, 0.1) is 12.2 Å². The monoisotopic (exact) mass is 445 g/mol. The largest absolute Gasteiger partial charge is 0.302 e. The molecule has 6 nitrogen and oxygen atoms in total. The van der Waals surface area contributed by atoms with Crippen molar-refractivity contribution < 1.29 is 4.79 Å². The highest BCUT2D eigenvalue weighted by Gasteiger charge is 2.15. The molecular weight excluding hydrogens is 433 g/mol. The summed E-state index contributed by atoms with van der Waals surface area (Å²) in [4.78, 5) is 12.5. The maximum atomic E-state index is 12.5. The van der Waals surface area contributed by atoms with E-state index in [0.717, 1.165) is 11.1 Å². The van der Waals surface area contributed by atoms with Crippen LogP contribution < -0.4 is 5.32 Å². The molecule has 0 unspecified atom stereocenters. The first-order valence-corrected chi connectivity index (χ1v) is 9.71. The number of nitrogens with zero attached hydrogens (tertiary/aromatic N) is 3. The van der Waals surface area contributed by atoms with Gasteiger partial charge in [0, 0.05) is 21.8 Å². The van der Waals surface area contributed by atoms with E-state index in [0.29, 0.717) is 33.0 Å². The Morgan fingerprint density at radius 2 is 1.66 bits per heavy atom. The van der Waals surface area contributed by atoms with Gasteiger partial charge in [-0.05, 0) is 35.9 Å². The maximum Gasteiger partial charge on any atom is 0.274 e. The lowest BCUT2D eigenvalue weighted by molar-refractivity contribution is 0.102. The molecule has 1 amide bonds. The molecule has 0 saturated carbocycles. The molecule has 4 aromatic rings. The molecule has 0 aliphatic heterocycles. The van der Waals surface area contributed by atoms with E-state index in [9.17, 15) is 4.79 Å². The smallest absolute Gasteiger partial charge is 0.274 e. The van der Waals surface area contributed by atoms with Gasteiger partial charge < -0.3 is 5.32 Å². The first-order valence-electron chi connectivity index (χ1n) is 8.58. The van der Waals surface area contributed by atoms with Gasteiger partial charge in [0.15, 0.2) is 5.82 Å². The van der Waals surface area contributed by atoms with Crippen molar-refractivity contribution in [3.8, 4) is 11.3 Å². The highest BCUT2D eigenvalue weighted by Crippen LogP contribution is 2.23. The van der Waals surface area contributed by atoms with E-state index < -0.39 is 5.91 Å². The van der Waals surface area contributed by atoms with Crippen LogP contribution in [0.3, 0.4) is 0 Å². The molecule has 2 aromatic heterocycles. The summed E-state index contributed by atoms with van der Waals surface area (Å²) >= 11 is 18.0. The number of amides is 1. The number of rotatable bonds is 5. The van der Waals surface area contributed by atoms with Gasteiger partial charge in [-0.1, -0.05) is 59.1 Å². The van der Waals surface area contributed by atoms with Gasteiger partial charge in [0.1, 0.15) is 10.7 Å². The summed E-state index contributed by atoms with van der Waals surface area (Å²) in [5.74, 6) is -0.121. The molecular formula is C20H14Cl3N5O. The Morgan fingerprint density at radius 3 is 2.34 bits per heavy atom. The Balaban J connectivity index is 1.46. The lowest BCUT2D eigenvalue weighted by Crippen LogP contribution is -2.13. The SMILES string of the molecule is O=C(Nc1nn(Cc2ccc(Cl)cc2)cc1Cl)c1cc(-c2ccc(Cl)cc2)n[nH]1. The van der Waals surface area contributed by atoms with Crippen molar-refractivity contribution in [2.45, 2.75) is 6.54 Å². The third-order valence-corrected chi connectivity index (χ3v) is 4.95. The molecule has 2 aromatic carbocycles. The number of aromatic nitrogens is 4. The van der Waals surface area contributed by atoms with Crippen molar-refractivity contribution >= 4 is 46.5 Å². The number of benzene rings is 2. The Morgan fingerprint density at radius 1 is 1.00 bits per heavy atom. The van der Waals surface area contributed by atoms with E-state index in [1.807, 2.05) is 24.3 Å². The van der Waals surface area contributed by atoms with Crippen molar-refractivity contribution in [2.75, 3.05) is 5.32 Å². The average molecular weight is 447 g/mol. The number of anilines is 1. The molecule has 0 spiro atoms. The van der Waals surface area contributed by atoms with Crippen LogP contribution in [0.5, 0.6) is 0 Å². The minimum absolute atomic E-state index is 0.272. The molecule has 2 N–H and O–H groups in total. The van der Waals surface area contributed by atoms with Gasteiger partial charge in [-0.2, -0.15) is 10.2 Å². The summed E-state index contributed by atoms with van der Waals surface area (Å²) < 4.78 is 1.65. The van der Waals surface area contributed by atoms with Crippen LogP contribution in [0.2, 0.25) is 15.1 Å². The second kappa shape index (κ2) is 8.29. The summed E-state index contributed by atoms with van der Waals surface area (Å²) in [5, 5.41) is 15.6. The van der Waals surface area contributed by atoms with E-state index in [-0.39, 0.29) is 5.82 Å². The Labute approximate surface area is 181 Å². The summed E-state index contributed by atoms with van der Waals surface area (Å²) in [7, 11) is 0. The highest BCUT2D eigenvalue weighted by atomic mass is 35.5. The van der Waals surface area contributed by atoms with E-state index >= 15 is 0 Å². The highest BCUT2D eigenvalue weighted by molar-refractivity contribution is 6.33. The maximum absolute atomic E-state index is 12.5. The van der Waals surface area contributed by atoms with Gasteiger partial charge in [-0.3, -0.25) is 14.6 Å². The Bertz CT molecular complexity index is 1150. The number of hydrogen-bond acceptors (Lipinski definition) is 3. The number of aromatic amines is 1. The standard InChI is InChI=1S/C20H14Cl3N5O/c21-14-5-1-12(2-6-14)10-28-11-16(23)19(27-28)24-20(29)18-9-17(25-26-18)13-3-7-15(22)8-4-13/h1-9,11H,10H2,(H,25,26)(H,24,27,29). The van der Waals surface area contributed by atoms with E-state index in [4.69, 9.17) is 34.8 Å². The van der Waals surface area contributed by atoms with Crippen molar-refractivity contribution in [3.05, 3.63) is 87.1 Å². The molecule has 0 radical (unpaired) electrons. The van der Waals surface area contributed by atoms with E-state index in [2.05, 4.69) is 20.6 Å². The normalized spacial score (nSPS) is 10.9. The van der Waals surface area contributed by atoms with Gasteiger partial charge >= 0.3 is 0 Å². The van der Waals surface area contributed by atoms with Crippen LogP contribution in [0.15, 0.2) is 60.8 Å². The van der Waals surface area contributed by atoms with Gasteiger partial charge in [-0.15, -0.1) is 0 Å². The first-order chi connectivity index (χ1) is 14.0. The molecule has 4 rings (SSSR count). The molecule has 146 valence electrons. The quantitative estimate of drug-likeness (QED) is 0.423. The molecule has 2 heterocycles. The van der Waals surface area contributed by atoms with Crippen LogP contribution in [-0.2, 0) is 6.54 Å². The van der Waals surface area contributed by atoms with Crippen LogP contribution in [0.4, 0.5) is 5.82 Å². The molecule has 0 saturated heterocycles. The third-order valence-electron chi connectivity index (χ3n) is 4.17. The lowest BCUT2D eigenvalue weighted by atomic mass is 10.1. The molecule has 0 bridgehead atoms. The third kappa shape index (κ3) is 4.62. The number of hydrogen-bond donors (Lipinski definition) is 2.